The Labute approximate surface area is 188 Å². The monoisotopic (exact) mass is 474 g/mol. The SMILES string of the molecule is Cn1c(C(=O)Nc2ccc(S(=O)(=O)Cc3cnccn3)cc2)cc2c(Cl)c(Cl)ccc21. The van der Waals surface area contributed by atoms with Crippen molar-refractivity contribution in [3.8, 4) is 0 Å². The summed E-state index contributed by atoms with van der Waals surface area (Å²) in [7, 11) is -1.84. The second-order valence-corrected chi connectivity index (χ2v) is 9.59. The number of fused-ring (bicyclic) bond motifs is 1. The fourth-order valence-corrected chi connectivity index (χ4v) is 4.83. The van der Waals surface area contributed by atoms with Gasteiger partial charge in [-0.3, -0.25) is 14.8 Å². The molecule has 2 aromatic heterocycles. The third-order valence-corrected chi connectivity index (χ3v) is 7.26. The van der Waals surface area contributed by atoms with Crippen molar-refractivity contribution in [3.63, 3.8) is 0 Å². The summed E-state index contributed by atoms with van der Waals surface area (Å²) in [5.41, 5.74) is 1.97. The fraction of sp³-hybridized carbons (Fsp3) is 0.0952. The molecule has 10 heteroatoms. The number of anilines is 1. The van der Waals surface area contributed by atoms with Gasteiger partial charge in [0.15, 0.2) is 9.84 Å². The Hall–Kier alpha value is -2.94. The van der Waals surface area contributed by atoms with E-state index < -0.39 is 9.84 Å². The topological polar surface area (TPSA) is 94.0 Å². The van der Waals surface area contributed by atoms with Crippen molar-refractivity contribution in [2.75, 3.05) is 5.32 Å². The van der Waals surface area contributed by atoms with Gasteiger partial charge in [-0.2, -0.15) is 0 Å². The minimum Gasteiger partial charge on any atom is -0.340 e. The van der Waals surface area contributed by atoms with Crippen molar-refractivity contribution in [2.45, 2.75) is 10.6 Å². The minimum absolute atomic E-state index is 0.127. The Morgan fingerprint density at radius 2 is 1.84 bits per heavy atom. The molecular formula is C21H16Cl2N4O3S. The van der Waals surface area contributed by atoms with Gasteiger partial charge in [-0.25, -0.2) is 8.42 Å². The minimum atomic E-state index is -3.59. The molecular weight excluding hydrogens is 459 g/mol. The zero-order valence-corrected chi connectivity index (χ0v) is 18.5. The first-order chi connectivity index (χ1) is 14.8. The highest BCUT2D eigenvalue weighted by molar-refractivity contribution is 7.90. The van der Waals surface area contributed by atoms with E-state index in [0.717, 1.165) is 5.52 Å². The van der Waals surface area contributed by atoms with Crippen LogP contribution in [0.1, 0.15) is 16.2 Å². The summed E-state index contributed by atoms with van der Waals surface area (Å²) < 4.78 is 26.9. The lowest BCUT2D eigenvalue weighted by molar-refractivity contribution is 0.101. The van der Waals surface area contributed by atoms with Crippen molar-refractivity contribution in [2.24, 2.45) is 7.05 Å². The van der Waals surface area contributed by atoms with E-state index in [2.05, 4.69) is 15.3 Å². The van der Waals surface area contributed by atoms with Crippen LogP contribution < -0.4 is 5.32 Å². The Morgan fingerprint density at radius 1 is 1.10 bits per heavy atom. The molecule has 0 saturated heterocycles. The van der Waals surface area contributed by atoms with Crippen LogP contribution in [0.2, 0.25) is 10.0 Å². The van der Waals surface area contributed by atoms with Crippen LogP contribution in [0.4, 0.5) is 5.69 Å². The van der Waals surface area contributed by atoms with E-state index in [1.54, 1.807) is 29.8 Å². The van der Waals surface area contributed by atoms with Crippen LogP contribution in [0.15, 0.2) is 66.0 Å². The zero-order valence-electron chi connectivity index (χ0n) is 16.2. The van der Waals surface area contributed by atoms with E-state index in [1.807, 2.05) is 0 Å². The van der Waals surface area contributed by atoms with Gasteiger partial charge in [-0.15, -0.1) is 0 Å². The number of aryl methyl sites for hydroxylation is 1. The Kier molecular flexibility index (Phi) is 5.70. The molecule has 0 saturated carbocycles. The molecule has 2 aromatic carbocycles. The molecule has 1 amide bonds. The molecule has 31 heavy (non-hydrogen) atoms. The third-order valence-electron chi connectivity index (χ3n) is 4.77. The first kappa shape index (κ1) is 21.3. The Bertz CT molecular complexity index is 1390. The molecule has 1 N–H and O–H groups in total. The number of carbonyl (C=O) groups is 1. The number of nitrogens with zero attached hydrogens (tertiary/aromatic N) is 3. The number of rotatable bonds is 5. The van der Waals surface area contributed by atoms with Gasteiger partial charge in [0.25, 0.3) is 5.91 Å². The zero-order chi connectivity index (χ0) is 22.2. The van der Waals surface area contributed by atoms with Crippen LogP contribution in [-0.2, 0) is 22.6 Å². The molecule has 0 radical (unpaired) electrons. The number of amides is 1. The van der Waals surface area contributed by atoms with Crippen LogP contribution in [0.25, 0.3) is 10.9 Å². The fourth-order valence-electron chi connectivity index (χ4n) is 3.19. The molecule has 0 unspecified atom stereocenters. The number of carbonyl (C=O) groups excluding carboxylic acids is 1. The van der Waals surface area contributed by atoms with E-state index in [9.17, 15) is 13.2 Å². The quantitative estimate of drug-likeness (QED) is 0.459. The van der Waals surface area contributed by atoms with Crippen molar-refractivity contribution < 1.29 is 13.2 Å². The summed E-state index contributed by atoms with van der Waals surface area (Å²) in [6.45, 7) is 0. The van der Waals surface area contributed by atoms with Crippen LogP contribution in [-0.4, -0.2) is 28.9 Å². The van der Waals surface area contributed by atoms with Crippen LogP contribution in [0.5, 0.6) is 0 Å². The maximum atomic E-state index is 12.8. The lowest BCUT2D eigenvalue weighted by atomic mass is 10.2. The smallest absolute Gasteiger partial charge is 0.272 e. The van der Waals surface area contributed by atoms with Gasteiger partial charge in [-0.1, -0.05) is 23.2 Å². The van der Waals surface area contributed by atoms with Gasteiger partial charge < -0.3 is 9.88 Å². The first-order valence-corrected chi connectivity index (χ1v) is 11.5. The van der Waals surface area contributed by atoms with Crippen molar-refractivity contribution in [1.82, 2.24) is 14.5 Å². The van der Waals surface area contributed by atoms with E-state index in [0.29, 0.717) is 32.5 Å². The van der Waals surface area contributed by atoms with Crippen molar-refractivity contribution in [3.05, 3.63) is 82.5 Å². The number of benzene rings is 2. The average Bonchev–Trinajstić information content (AvgIpc) is 3.09. The Balaban J connectivity index is 1.54. The van der Waals surface area contributed by atoms with Gasteiger partial charge in [0.2, 0.25) is 0 Å². The van der Waals surface area contributed by atoms with E-state index >= 15 is 0 Å². The molecule has 0 fully saturated rings. The van der Waals surface area contributed by atoms with Crippen molar-refractivity contribution >= 4 is 55.5 Å². The molecule has 0 spiro atoms. The summed E-state index contributed by atoms with van der Waals surface area (Å²) >= 11 is 12.3. The normalized spacial score (nSPS) is 11.6. The third kappa shape index (κ3) is 4.27. The maximum absolute atomic E-state index is 12.8. The summed E-state index contributed by atoms with van der Waals surface area (Å²) in [6.07, 6.45) is 4.33. The lowest BCUT2D eigenvalue weighted by Gasteiger charge is -2.08. The molecule has 0 aliphatic carbocycles. The molecule has 0 aliphatic heterocycles. The second-order valence-electron chi connectivity index (χ2n) is 6.82. The average molecular weight is 475 g/mol. The number of nitrogens with one attached hydrogen (secondary N) is 1. The highest BCUT2D eigenvalue weighted by Crippen LogP contribution is 2.32. The second kappa shape index (κ2) is 8.30. The molecule has 158 valence electrons. The van der Waals surface area contributed by atoms with E-state index in [-0.39, 0.29) is 16.6 Å². The van der Waals surface area contributed by atoms with Crippen LogP contribution in [0.3, 0.4) is 0 Å². The number of sulfone groups is 1. The summed E-state index contributed by atoms with van der Waals surface area (Å²) in [5, 5.41) is 4.23. The van der Waals surface area contributed by atoms with Gasteiger partial charge in [-0.05, 0) is 42.5 Å². The lowest BCUT2D eigenvalue weighted by Crippen LogP contribution is -2.15. The largest absolute Gasteiger partial charge is 0.340 e. The standard InChI is InChI=1S/C21H16Cl2N4O3S/c1-27-18-7-6-17(22)20(23)16(18)10-19(27)21(28)26-13-2-4-15(5-3-13)31(29,30)12-14-11-24-8-9-25-14/h2-11H,12H2,1H3,(H,26,28). The van der Waals surface area contributed by atoms with Gasteiger partial charge in [0.05, 0.1) is 26.4 Å². The number of hydrogen-bond acceptors (Lipinski definition) is 5. The molecule has 0 bridgehead atoms. The molecule has 0 aliphatic rings. The number of aromatic nitrogens is 3. The van der Waals surface area contributed by atoms with Crippen LogP contribution >= 0.6 is 23.2 Å². The predicted molar refractivity (Wildman–Crippen MR) is 120 cm³/mol. The van der Waals surface area contributed by atoms with Gasteiger partial charge in [0.1, 0.15) is 5.69 Å². The number of halogens is 2. The molecule has 2 heterocycles. The Morgan fingerprint density at radius 3 is 2.52 bits per heavy atom. The van der Waals surface area contributed by atoms with Crippen LogP contribution in [0, 0.1) is 0 Å². The highest BCUT2D eigenvalue weighted by Gasteiger charge is 2.18. The first-order valence-electron chi connectivity index (χ1n) is 9.09. The molecule has 7 nitrogen and oxygen atoms in total. The number of hydrogen-bond donors (Lipinski definition) is 1. The van der Waals surface area contributed by atoms with E-state index in [4.69, 9.17) is 23.2 Å². The van der Waals surface area contributed by atoms with Gasteiger partial charge >= 0.3 is 0 Å². The molecule has 0 atom stereocenters. The predicted octanol–water partition coefficient (Wildman–Crippen LogP) is 4.50. The molecule has 4 rings (SSSR count). The molecule has 4 aromatic rings. The highest BCUT2D eigenvalue weighted by atomic mass is 35.5. The summed E-state index contributed by atoms with van der Waals surface area (Å²) in [5.74, 6) is -0.618. The van der Waals surface area contributed by atoms with Crippen molar-refractivity contribution in [1.29, 1.82) is 0 Å². The van der Waals surface area contributed by atoms with E-state index in [1.165, 1.54) is 42.9 Å². The summed E-state index contributed by atoms with van der Waals surface area (Å²) in [4.78, 5) is 20.8. The maximum Gasteiger partial charge on any atom is 0.272 e. The van der Waals surface area contributed by atoms with Gasteiger partial charge in [0, 0.05) is 42.2 Å². The summed E-state index contributed by atoms with van der Waals surface area (Å²) in [6, 6.07) is 11.1.